The van der Waals surface area contributed by atoms with Crippen LogP contribution in [0.25, 0.3) is 0 Å². The second kappa shape index (κ2) is 12.6. The molecule has 0 aliphatic rings. The number of hydrogen-bond acceptors (Lipinski definition) is 6. The molecule has 0 aromatic heterocycles. The fraction of sp³-hybridized carbons (Fsp3) is 0.900. The molecule has 0 unspecified atom stereocenters. The summed E-state index contributed by atoms with van der Waals surface area (Å²) in [5.41, 5.74) is 3.79. The molecule has 0 amide bonds. The van der Waals surface area contributed by atoms with Gasteiger partial charge in [-0.3, -0.25) is 0 Å². The summed E-state index contributed by atoms with van der Waals surface area (Å²) in [5, 5.41) is 0. The summed E-state index contributed by atoms with van der Waals surface area (Å²) in [5.74, 6) is 0. The van der Waals surface area contributed by atoms with Gasteiger partial charge in [0, 0.05) is 36.6 Å². The van der Waals surface area contributed by atoms with E-state index in [9.17, 15) is 0 Å². The zero-order valence-electron chi connectivity index (χ0n) is 20.1. The van der Waals surface area contributed by atoms with Crippen molar-refractivity contribution in [3.63, 3.8) is 0 Å². The Morgan fingerprint density at radius 2 is 0.500 bits per heavy atom. The lowest BCUT2D eigenvalue weighted by Crippen LogP contribution is -2.53. The van der Waals surface area contributed by atoms with Crippen molar-refractivity contribution in [3.8, 4) is 0 Å². The molecule has 0 atom stereocenters. The van der Waals surface area contributed by atoms with E-state index in [1.165, 1.54) is 0 Å². The second-order valence-corrected chi connectivity index (χ2v) is 13.0. The van der Waals surface area contributed by atoms with Crippen molar-refractivity contribution < 1.29 is 26.6 Å². The van der Waals surface area contributed by atoms with E-state index >= 15 is 0 Å². The molecule has 0 N–H and O–H groups in total. The lowest BCUT2D eigenvalue weighted by Gasteiger charge is -2.35. The lowest BCUT2D eigenvalue weighted by atomic mass is 10.5. The summed E-state index contributed by atoms with van der Waals surface area (Å²) >= 11 is 0. The molecule has 0 radical (unpaired) electrons. The molecule has 0 aromatic rings. The van der Waals surface area contributed by atoms with Crippen LogP contribution in [0.5, 0.6) is 0 Å². The standard InChI is InChI=1S/C20H44O6Si2/c1-15(2)21-27(22-16(3)4,23-17(5)6)13-14-28(24-18(7)8,25-19(9)10)26-20(11)12/h13-20H,1-12H3/b14-13+. The van der Waals surface area contributed by atoms with Crippen LogP contribution in [0.4, 0.5) is 0 Å². The predicted molar refractivity (Wildman–Crippen MR) is 118 cm³/mol. The van der Waals surface area contributed by atoms with Crippen molar-refractivity contribution in [2.75, 3.05) is 0 Å². The van der Waals surface area contributed by atoms with E-state index in [0.717, 1.165) is 0 Å². The molecule has 0 heterocycles. The largest absolute Gasteiger partial charge is 0.529 e. The third-order valence-electron chi connectivity index (χ3n) is 2.89. The quantitative estimate of drug-likeness (QED) is 0.355. The van der Waals surface area contributed by atoms with Gasteiger partial charge in [-0.25, -0.2) is 0 Å². The first kappa shape index (κ1) is 27.9. The molecule has 0 bridgehead atoms. The highest BCUT2D eigenvalue weighted by atomic mass is 28.4. The first-order valence-corrected chi connectivity index (χ1v) is 14.1. The normalized spacial score (nSPS) is 14.2. The molecule has 0 saturated carbocycles. The maximum Gasteiger partial charge on any atom is 0.529 e. The minimum atomic E-state index is -3.13. The highest BCUT2D eigenvalue weighted by Crippen LogP contribution is 2.24. The van der Waals surface area contributed by atoms with Crippen LogP contribution in [0.1, 0.15) is 83.1 Å². The minimum absolute atomic E-state index is 0.0482. The highest BCUT2D eigenvalue weighted by Gasteiger charge is 2.47. The van der Waals surface area contributed by atoms with E-state index in [-0.39, 0.29) is 36.6 Å². The van der Waals surface area contributed by atoms with Gasteiger partial charge in [0.05, 0.1) is 0 Å². The Morgan fingerprint density at radius 3 is 0.607 bits per heavy atom. The van der Waals surface area contributed by atoms with E-state index in [1.807, 2.05) is 94.5 Å². The summed E-state index contributed by atoms with van der Waals surface area (Å²) < 4.78 is 37.4. The first-order valence-electron chi connectivity index (χ1n) is 10.5. The zero-order chi connectivity index (χ0) is 22.1. The third-order valence-corrected chi connectivity index (χ3v) is 9.17. The smallest absolute Gasteiger partial charge is 0.368 e. The van der Waals surface area contributed by atoms with Crippen LogP contribution in [0, 0.1) is 0 Å². The van der Waals surface area contributed by atoms with Crippen LogP contribution >= 0.6 is 0 Å². The van der Waals surface area contributed by atoms with Gasteiger partial charge in [0.15, 0.2) is 0 Å². The van der Waals surface area contributed by atoms with Gasteiger partial charge in [0.25, 0.3) is 0 Å². The molecule has 0 saturated heterocycles. The molecule has 28 heavy (non-hydrogen) atoms. The molecule has 0 aliphatic heterocycles. The Balaban J connectivity index is 6.18. The van der Waals surface area contributed by atoms with Gasteiger partial charge >= 0.3 is 17.6 Å². The summed E-state index contributed by atoms with van der Waals surface area (Å²) in [7, 11) is -6.27. The topological polar surface area (TPSA) is 55.4 Å². The van der Waals surface area contributed by atoms with Gasteiger partial charge in [0.1, 0.15) is 0 Å². The lowest BCUT2D eigenvalue weighted by molar-refractivity contribution is 0.00869. The summed E-state index contributed by atoms with van der Waals surface area (Å²) in [6.45, 7) is 23.8. The fourth-order valence-corrected chi connectivity index (χ4v) is 8.96. The Hall–Kier alpha value is -0.0662. The average molecular weight is 437 g/mol. The highest BCUT2D eigenvalue weighted by molar-refractivity contribution is 6.72. The van der Waals surface area contributed by atoms with Crippen molar-refractivity contribution in [1.82, 2.24) is 0 Å². The SMILES string of the molecule is CC(C)O[Si](/C=C/[Si](OC(C)C)(OC(C)C)OC(C)C)(OC(C)C)OC(C)C. The zero-order valence-corrected chi connectivity index (χ0v) is 22.1. The van der Waals surface area contributed by atoms with E-state index in [0.29, 0.717) is 0 Å². The van der Waals surface area contributed by atoms with Gasteiger partial charge in [-0.15, -0.1) is 0 Å². The van der Waals surface area contributed by atoms with E-state index in [1.54, 1.807) is 0 Å². The van der Waals surface area contributed by atoms with Crippen molar-refractivity contribution >= 4 is 17.6 Å². The van der Waals surface area contributed by atoms with E-state index in [4.69, 9.17) is 26.6 Å². The van der Waals surface area contributed by atoms with Crippen LogP contribution in [0.2, 0.25) is 0 Å². The molecule has 0 aromatic carbocycles. The van der Waals surface area contributed by atoms with Crippen LogP contribution in [-0.2, 0) is 26.6 Å². The number of rotatable bonds is 14. The minimum Gasteiger partial charge on any atom is -0.368 e. The summed E-state index contributed by atoms with van der Waals surface area (Å²) in [4.78, 5) is 0. The van der Waals surface area contributed by atoms with Crippen LogP contribution in [-0.4, -0.2) is 54.2 Å². The monoisotopic (exact) mass is 436 g/mol. The van der Waals surface area contributed by atoms with Crippen molar-refractivity contribution in [1.29, 1.82) is 0 Å². The van der Waals surface area contributed by atoms with Crippen molar-refractivity contribution in [2.45, 2.75) is 120 Å². The maximum atomic E-state index is 6.23. The van der Waals surface area contributed by atoms with Crippen LogP contribution in [0.3, 0.4) is 0 Å². The molecule has 168 valence electrons. The molecular weight excluding hydrogens is 392 g/mol. The van der Waals surface area contributed by atoms with E-state index in [2.05, 4.69) is 0 Å². The maximum absolute atomic E-state index is 6.23. The average Bonchev–Trinajstić information content (AvgIpc) is 2.40. The molecule has 6 nitrogen and oxygen atoms in total. The van der Waals surface area contributed by atoms with Gasteiger partial charge in [-0.1, -0.05) is 0 Å². The Morgan fingerprint density at radius 1 is 0.357 bits per heavy atom. The molecule has 8 heteroatoms. The number of hydrogen-bond donors (Lipinski definition) is 0. The summed E-state index contributed by atoms with van der Waals surface area (Å²) in [6.07, 6.45) is -0.289. The van der Waals surface area contributed by atoms with E-state index < -0.39 is 17.6 Å². The summed E-state index contributed by atoms with van der Waals surface area (Å²) in [6, 6.07) is 0. The van der Waals surface area contributed by atoms with Gasteiger partial charge in [-0.2, -0.15) is 0 Å². The Kier molecular flexibility index (Phi) is 12.6. The second-order valence-electron chi connectivity index (χ2n) is 8.54. The van der Waals surface area contributed by atoms with Crippen molar-refractivity contribution in [3.05, 3.63) is 11.4 Å². The molecule has 0 aliphatic carbocycles. The van der Waals surface area contributed by atoms with Crippen LogP contribution < -0.4 is 0 Å². The van der Waals surface area contributed by atoms with Crippen LogP contribution in [0.15, 0.2) is 11.4 Å². The van der Waals surface area contributed by atoms with Crippen molar-refractivity contribution in [2.24, 2.45) is 0 Å². The van der Waals surface area contributed by atoms with Gasteiger partial charge in [-0.05, 0) is 94.5 Å². The molecule has 0 spiro atoms. The fourth-order valence-electron chi connectivity index (χ4n) is 2.58. The Bertz CT molecular complexity index is 357. The van der Waals surface area contributed by atoms with Gasteiger partial charge in [0.2, 0.25) is 0 Å². The third kappa shape index (κ3) is 11.8. The predicted octanol–water partition coefficient (Wildman–Crippen LogP) is 5.05. The molecule has 0 rings (SSSR count). The first-order chi connectivity index (χ1) is 12.7. The Labute approximate surface area is 175 Å². The molecular formula is C20H44O6Si2. The molecule has 0 fully saturated rings. The van der Waals surface area contributed by atoms with Gasteiger partial charge < -0.3 is 26.6 Å².